The molecule has 0 amide bonds. The molecule has 0 aromatic rings. The minimum absolute atomic E-state index is 0. The summed E-state index contributed by atoms with van der Waals surface area (Å²) in [5.41, 5.74) is -0.0885. The lowest BCUT2D eigenvalue weighted by Gasteiger charge is -2.21. The number of allylic oxidation sites excluding steroid dienone is 1. The van der Waals surface area contributed by atoms with Gasteiger partial charge >= 0.3 is 0 Å². The van der Waals surface area contributed by atoms with Gasteiger partial charge < -0.3 is 5.32 Å². The van der Waals surface area contributed by atoms with Crippen LogP contribution >= 0.6 is 0 Å². The SMILES string of the molecule is CC.CC1(C)N=CC=CN1.[HH]. The maximum atomic E-state index is 4.14. The third kappa shape index (κ3) is 3.28. The van der Waals surface area contributed by atoms with Crippen molar-refractivity contribution in [3.8, 4) is 0 Å². The Labute approximate surface area is 64.5 Å². The molecule has 2 heteroatoms. The molecule has 10 heavy (non-hydrogen) atoms. The zero-order valence-electron chi connectivity index (χ0n) is 7.18. The molecule has 0 saturated carbocycles. The molecule has 0 bridgehead atoms. The Morgan fingerprint density at radius 1 is 1.40 bits per heavy atom. The maximum absolute atomic E-state index is 4.14. The highest BCUT2D eigenvalue weighted by atomic mass is 15.1. The fourth-order valence-electron chi connectivity index (χ4n) is 0.562. The molecule has 0 aliphatic carbocycles. The van der Waals surface area contributed by atoms with Crippen LogP contribution in [0.1, 0.15) is 29.1 Å². The van der Waals surface area contributed by atoms with Gasteiger partial charge in [0.05, 0.1) is 0 Å². The van der Waals surface area contributed by atoms with E-state index in [4.69, 9.17) is 0 Å². The van der Waals surface area contributed by atoms with Gasteiger partial charge in [-0.05, 0) is 26.1 Å². The highest BCUT2D eigenvalue weighted by Crippen LogP contribution is 2.04. The van der Waals surface area contributed by atoms with E-state index in [-0.39, 0.29) is 7.09 Å². The fourth-order valence-corrected chi connectivity index (χ4v) is 0.562. The average molecular weight is 142 g/mol. The third-order valence-electron chi connectivity index (χ3n) is 1.02. The van der Waals surface area contributed by atoms with E-state index >= 15 is 0 Å². The van der Waals surface area contributed by atoms with Crippen molar-refractivity contribution in [3.63, 3.8) is 0 Å². The first-order valence-electron chi connectivity index (χ1n) is 3.69. The summed E-state index contributed by atoms with van der Waals surface area (Å²) >= 11 is 0. The van der Waals surface area contributed by atoms with Gasteiger partial charge in [-0.3, -0.25) is 4.99 Å². The van der Waals surface area contributed by atoms with E-state index in [2.05, 4.69) is 10.3 Å². The molecule has 1 rings (SSSR count). The van der Waals surface area contributed by atoms with Crippen LogP contribution in [0.5, 0.6) is 0 Å². The Kier molecular flexibility index (Phi) is 3.77. The number of hydrogen-bond donors (Lipinski definition) is 1. The van der Waals surface area contributed by atoms with Crippen molar-refractivity contribution in [1.29, 1.82) is 0 Å². The number of nitrogens with one attached hydrogen (secondary N) is 1. The van der Waals surface area contributed by atoms with E-state index in [1.165, 1.54) is 0 Å². The van der Waals surface area contributed by atoms with E-state index in [1.807, 2.05) is 40.0 Å². The minimum atomic E-state index is -0.0885. The summed E-state index contributed by atoms with van der Waals surface area (Å²) in [7, 11) is 0. The van der Waals surface area contributed by atoms with Crippen molar-refractivity contribution >= 4 is 6.21 Å². The minimum Gasteiger partial charge on any atom is -0.368 e. The topological polar surface area (TPSA) is 24.4 Å². The first-order valence-corrected chi connectivity index (χ1v) is 3.69. The van der Waals surface area contributed by atoms with Crippen molar-refractivity contribution in [2.45, 2.75) is 33.4 Å². The lowest BCUT2D eigenvalue weighted by Crippen LogP contribution is -2.34. The first-order chi connectivity index (χ1) is 4.71. The van der Waals surface area contributed by atoms with E-state index in [0.29, 0.717) is 0 Å². The summed E-state index contributed by atoms with van der Waals surface area (Å²) in [6, 6.07) is 0. The predicted molar refractivity (Wildman–Crippen MR) is 48.3 cm³/mol. The Bertz CT molecular complexity index is 139. The molecular weight excluding hydrogens is 124 g/mol. The van der Waals surface area contributed by atoms with Gasteiger partial charge in [0.15, 0.2) is 0 Å². The van der Waals surface area contributed by atoms with Crippen LogP contribution in [0.2, 0.25) is 0 Å². The van der Waals surface area contributed by atoms with Crippen molar-refractivity contribution < 1.29 is 1.43 Å². The Morgan fingerprint density at radius 3 is 2.20 bits per heavy atom. The summed E-state index contributed by atoms with van der Waals surface area (Å²) < 4.78 is 0. The quantitative estimate of drug-likeness (QED) is 0.551. The smallest absolute Gasteiger partial charge is 0.123 e. The predicted octanol–water partition coefficient (Wildman–Crippen LogP) is 2.18. The van der Waals surface area contributed by atoms with Crippen LogP contribution in [-0.4, -0.2) is 11.9 Å². The van der Waals surface area contributed by atoms with Crippen molar-refractivity contribution in [1.82, 2.24) is 5.32 Å². The summed E-state index contributed by atoms with van der Waals surface area (Å²) in [5, 5.41) is 3.08. The van der Waals surface area contributed by atoms with Crippen molar-refractivity contribution in [2.24, 2.45) is 4.99 Å². The summed E-state index contributed by atoms with van der Waals surface area (Å²) in [6.45, 7) is 8.04. The van der Waals surface area contributed by atoms with Gasteiger partial charge in [0.25, 0.3) is 0 Å². The van der Waals surface area contributed by atoms with Crippen LogP contribution in [0.3, 0.4) is 0 Å². The highest BCUT2D eigenvalue weighted by molar-refractivity contribution is 5.72. The second-order valence-corrected chi connectivity index (χ2v) is 2.34. The van der Waals surface area contributed by atoms with Gasteiger partial charge in [-0.1, -0.05) is 13.8 Å². The first kappa shape index (κ1) is 9.21. The van der Waals surface area contributed by atoms with E-state index < -0.39 is 0 Å². The molecule has 0 atom stereocenters. The van der Waals surface area contributed by atoms with Gasteiger partial charge in [0.2, 0.25) is 0 Å². The number of rotatable bonds is 0. The average Bonchev–Trinajstić information content (AvgIpc) is 1.92. The van der Waals surface area contributed by atoms with E-state index in [1.54, 1.807) is 6.21 Å². The van der Waals surface area contributed by atoms with Crippen molar-refractivity contribution in [2.75, 3.05) is 0 Å². The summed E-state index contributed by atoms with van der Waals surface area (Å²) in [4.78, 5) is 4.14. The summed E-state index contributed by atoms with van der Waals surface area (Å²) in [6.07, 6.45) is 5.58. The van der Waals surface area contributed by atoms with Gasteiger partial charge in [-0.2, -0.15) is 0 Å². The second-order valence-electron chi connectivity index (χ2n) is 2.34. The second kappa shape index (κ2) is 4.09. The number of aliphatic imine (C=N–C) groups is 1. The normalized spacial score (nSPS) is 18.8. The van der Waals surface area contributed by atoms with Crippen LogP contribution < -0.4 is 5.32 Å². The fraction of sp³-hybridized carbons (Fsp3) is 0.625. The van der Waals surface area contributed by atoms with Gasteiger partial charge in [-0.25, -0.2) is 0 Å². The molecular formula is C8H18N2. The monoisotopic (exact) mass is 142 g/mol. The zero-order valence-corrected chi connectivity index (χ0v) is 7.18. The van der Waals surface area contributed by atoms with Crippen LogP contribution in [0.4, 0.5) is 0 Å². The largest absolute Gasteiger partial charge is 0.368 e. The molecule has 0 fully saturated rings. The molecule has 0 spiro atoms. The Balaban J connectivity index is 0. The third-order valence-corrected chi connectivity index (χ3v) is 1.02. The van der Waals surface area contributed by atoms with Crippen LogP contribution in [0, 0.1) is 0 Å². The van der Waals surface area contributed by atoms with Gasteiger partial charge in [0.1, 0.15) is 5.66 Å². The standard InChI is InChI=1S/C6H10N2.C2H6.H2/c1-6(2)7-4-3-5-8-6;1-2;/h3-5,7H,1-2H3;1-2H3;1H. The molecule has 1 aliphatic heterocycles. The van der Waals surface area contributed by atoms with E-state index in [0.717, 1.165) is 0 Å². The molecule has 0 aromatic carbocycles. The Morgan fingerprint density at radius 2 is 2.00 bits per heavy atom. The van der Waals surface area contributed by atoms with E-state index in [9.17, 15) is 0 Å². The van der Waals surface area contributed by atoms with Crippen molar-refractivity contribution in [3.05, 3.63) is 12.3 Å². The highest BCUT2D eigenvalue weighted by Gasteiger charge is 2.11. The number of hydrogen-bond acceptors (Lipinski definition) is 2. The lowest BCUT2D eigenvalue weighted by atomic mass is 10.2. The molecule has 1 aliphatic rings. The lowest BCUT2D eigenvalue weighted by molar-refractivity contribution is 0.465. The van der Waals surface area contributed by atoms with Gasteiger partial charge in [0, 0.05) is 7.64 Å². The van der Waals surface area contributed by atoms with Gasteiger partial charge in [-0.15, -0.1) is 0 Å². The molecule has 0 aromatic heterocycles. The maximum Gasteiger partial charge on any atom is 0.123 e. The molecule has 0 unspecified atom stereocenters. The molecule has 1 N–H and O–H groups in total. The van der Waals surface area contributed by atoms with Crippen LogP contribution in [0.25, 0.3) is 0 Å². The molecule has 0 radical (unpaired) electrons. The molecule has 2 nitrogen and oxygen atoms in total. The zero-order chi connectivity index (χ0) is 8.04. The molecule has 1 heterocycles. The van der Waals surface area contributed by atoms with Crippen LogP contribution in [-0.2, 0) is 0 Å². The molecule has 60 valence electrons. The summed E-state index contributed by atoms with van der Waals surface area (Å²) in [5.74, 6) is 0. The number of nitrogens with zero attached hydrogens (tertiary/aromatic N) is 1. The van der Waals surface area contributed by atoms with Crippen LogP contribution in [0.15, 0.2) is 17.3 Å². The molecule has 0 saturated heterocycles. The Hall–Kier alpha value is -0.790.